The average Bonchev–Trinajstić information content (AvgIpc) is 3.25. The van der Waals surface area contributed by atoms with Gasteiger partial charge in [-0.05, 0) is 25.1 Å². The molecule has 5 atom stereocenters. The number of nitrogens with two attached hydrogens (primary N) is 2. The van der Waals surface area contributed by atoms with Crippen molar-refractivity contribution < 1.29 is 0 Å². The minimum atomic E-state index is -1.07. The number of benzene rings is 1. The van der Waals surface area contributed by atoms with Crippen LogP contribution in [0.15, 0.2) is 93.6 Å². The molecule has 0 aliphatic carbocycles. The maximum Gasteiger partial charge on any atom is 0.240 e. The van der Waals surface area contributed by atoms with Gasteiger partial charge in [-0.2, -0.15) is 0 Å². The molecule has 280 valence electrons. The Morgan fingerprint density at radius 1 is 0.625 bits per heavy atom. The lowest BCUT2D eigenvalue weighted by molar-refractivity contribution is 0.325. The molecule has 23 nitrogen and oxygen atoms in total. The quantitative estimate of drug-likeness (QED) is 0.0536. The molecule has 6 aromatic rings. The third kappa shape index (κ3) is 8.84. The highest BCUT2D eigenvalue weighted by Crippen LogP contribution is 2.46. The van der Waals surface area contributed by atoms with E-state index in [1.54, 1.807) is 56.7 Å². The molecule has 0 radical (unpaired) electrons. The smallest absolute Gasteiger partial charge is 0.240 e. The van der Waals surface area contributed by atoms with E-state index in [0.29, 0.717) is 17.6 Å². The van der Waals surface area contributed by atoms with Gasteiger partial charge in [-0.25, -0.2) is 9.97 Å². The van der Waals surface area contributed by atoms with E-state index in [1.165, 1.54) is 6.92 Å². The van der Waals surface area contributed by atoms with Crippen LogP contribution in [-0.4, -0.2) is 100.0 Å². The fourth-order valence-electron chi connectivity index (χ4n) is 5.67. The lowest BCUT2D eigenvalue weighted by Crippen LogP contribution is -2.41. The zero-order valence-electron chi connectivity index (χ0n) is 30.0. The highest BCUT2D eigenvalue weighted by molar-refractivity contribution is 5.92. The van der Waals surface area contributed by atoms with Crippen LogP contribution in [0.2, 0.25) is 0 Å². The largest absolute Gasteiger partial charge is 0.386 e. The number of hydrogen-bond donors (Lipinski definition) is 4. The van der Waals surface area contributed by atoms with Crippen molar-refractivity contribution in [3.05, 3.63) is 90.7 Å². The van der Waals surface area contributed by atoms with E-state index in [-0.39, 0.29) is 58.3 Å². The molecule has 0 saturated carbocycles. The maximum atomic E-state index is 8.86. The lowest BCUT2D eigenvalue weighted by atomic mass is 9.69. The van der Waals surface area contributed by atoms with Crippen molar-refractivity contribution in [2.24, 2.45) is 43.7 Å². The normalized spacial score (nSPS) is 14.8. The van der Waals surface area contributed by atoms with Crippen LogP contribution in [0.4, 0.5) is 0 Å². The van der Waals surface area contributed by atoms with Gasteiger partial charge in [0.15, 0.2) is 17.5 Å². The fourth-order valence-corrected chi connectivity index (χ4v) is 5.67. The number of pyridine rings is 1. The molecule has 0 fully saturated rings. The van der Waals surface area contributed by atoms with Gasteiger partial charge >= 0.3 is 0 Å². The van der Waals surface area contributed by atoms with Gasteiger partial charge in [-0.1, -0.05) is 50.2 Å². The van der Waals surface area contributed by atoms with Gasteiger partial charge in [-0.15, -0.1) is 81.6 Å². The van der Waals surface area contributed by atoms with Crippen molar-refractivity contribution in [2.75, 3.05) is 0 Å². The van der Waals surface area contributed by atoms with Gasteiger partial charge in [0.25, 0.3) is 0 Å². The van der Waals surface area contributed by atoms with E-state index in [2.05, 4.69) is 96.6 Å². The summed E-state index contributed by atoms with van der Waals surface area (Å²) in [7, 11) is 0. The Hall–Kier alpha value is -7.85. The first-order valence-corrected chi connectivity index (χ1v) is 16.8. The highest BCUT2D eigenvalue weighted by Gasteiger charge is 2.46. The molecule has 5 aromatic heterocycles. The van der Waals surface area contributed by atoms with Gasteiger partial charge < -0.3 is 11.5 Å². The summed E-state index contributed by atoms with van der Waals surface area (Å²) in [5, 5.41) is 85.0. The number of nitrogens with zero attached hydrogens (tertiary/aromatic N) is 19. The molecule has 23 heteroatoms. The van der Waals surface area contributed by atoms with E-state index < -0.39 is 29.6 Å². The van der Waals surface area contributed by atoms with Gasteiger partial charge in [0.1, 0.15) is 29.5 Å². The van der Waals surface area contributed by atoms with Crippen molar-refractivity contribution in [2.45, 2.75) is 38.5 Å². The number of azo groups is 1. The Bertz CT molecular complexity index is 2300. The van der Waals surface area contributed by atoms with Crippen LogP contribution >= 0.6 is 0 Å². The number of hydrogen-bond acceptors (Lipinski definition) is 19. The fraction of sp³-hybridized carbons (Fsp3) is 0.242. The Balaban J connectivity index is 1.57. The van der Waals surface area contributed by atoms with Gasteiger partial charge in [0.2, 0.25) is 23.3 Å². The Morgan fingerprint density at radius 2 is 1.20 bits per heavy atom. The van der Waals surface area contributed by atoms with Crippen LogP contribution < -0.4 is 11.5 Å². The molecular formula is C33H33N23. The van der Waals surface area contributed by atoms with Crippen LogP contribution in [0.25, 0.3) is 34.6 Å². The molecule has 56 heavy (non-hydrogen) atoms. The minimum Gasteiger partial charge on any atom is -0.386 e. The summed E-state index contributed by atoms with van der Waals surface area (Å²) in [6.45, 7) is 4.98. The first kappa shape index (κ1) is 37.9. The highest BCUT2D eigenvalue weighted by atomic mass is 15.3. The molecule has 6 rings (SSSR count). The zero-order chi connectivity index (χ0) is 39.4. The predicted octanol–water partition coefficient (Wildman–Crippen LogP) is 2.22. The van der Waals surface area contributed by atoms with E-state index in [9.17, 15) is 0 Å². The molecule has 0 spiro atoms. The van der Waals surface area contributed by atoms with E-state index in [1.807, 2.05) is 30.3 Å². The summed E-state index contributed by atoms with van der Waals surface area (Å²) in [4.78, 5) is 12.7. The molecule has 1 aromatic carbocycles. The number of nitrogens with one attached hydrogen (secondary N) is 2. The summed E-state index contributed by atoms with van der Waals surface area (Å²) in [6.07, 6.45) is 5.38. The Labute approximate surface area is 317 Å². The standard InChI is InChI=1S/C33H33N23/c1-17(25(36)43-41-16-34)22(26(37)44-42-19(3)35)24(31-53-47-28(48-54-31)20-10-5-4-6-11-20)23(30-51-49-29(50-52-30)21-12-7-8-13-38-21)18(2)27-45-55-33(56-46-27)32-39-14-9-15-40-32/h4-18,22-24,34,36H,1-3H3,(H2,35,42)(H2,37,44)/b34-16?,36-25?,43-41-/t17-,18-,22+,23+,24+/m0/s1. The van der Waals surface area contributed by atoms with Crippen molar-refractivity contribution in [3.8, 4) is 34.6 Å². The lowest BCUT2D eigenvalue weighted by Gasteiger charge is -2.35. The maximum absolute atomic E-state index is 8.86. The third-order valence-electron chi connectivity index (χ3n) is 8.35. The summed E-state index contributed by atoms with van der Waals surface area (Å²) < 4.78 is 0. The Morgan fingerprint density at radius 3 is 1.80 bits per heavy atom. The van der Waals surface area contributed by atoms with Crippen LogP contribution in [0.5, 0.6) is 0 Å². The van der Waals surface area contributed by atoms with Crippen LogP contribution in [0.3, 0.4) is 0 Å². The van der Waals surface area contributed by atoms with Gasteiger partial charge in [0, 0.05) is 53.7 Å². The number of amidine groups is 3. The molecule has 0 bridgehead atoms. The summed E-state index contributed by atoms with van der Waals surface area (Å²) in [5.74, 6) is -4.11. The third-order valence-corrected chi connectivity index (χ3v) is 8.35. The van der Waals surface area contributed by atoms with Gasteiger partial charge in [-0.3, -0.25) is 15.8 Å². The minimum absolute atomic E-state index is 0.0365. The Kier molecular flexibility index (Phi) is 12.0. The summed E-state index contributed by atoms with van der Waals surface area (Å²) >= 11 is 0. The van der Waals surface area contributed by atoms with Crippen molar-refractivity contribution in [3.63, 3.8) is 0 Å². The average molecular weight is 752 g/mol. The molecule has 0 aliphatic heterocycles. The molecule has 6 N–H and O–H groups in total. The van der Waals surface area contributed by atoms with Crippen LogP contribution in [-0.2, 0) is 0 Å². The van der Waals surface area contributed by atoms with Crippen molar-refractivity contribution in [1.82, 2.24) is 76.1 Å². The van der Waals surface area contributed by atoms with E-state index in [4.69, 9.17) is 22.3 Å². The topological polar surface area (TPSA) is 343 Å². The molecule has 5 heterocycles. The first-order chi connectivity index (χ1) is 27.2. The second-order valence-corrected chi connectivity index (χ2v) is 12.0. The SMILES string of the molecule is C/C(N)=N/N=C(\N)[C@@H]([C@@H](c1nnc(-c2ccccc2)nn1)[C@H](c1nnc(-c2ccccn2)nn1)[C@H](C)c1nnc(-c2ncccn2)nn1)[C@H](C)C(=N)/N=N\C=N. The molecule has 0 aliphatic rings. The van der Waals surface area contributed by atoms with Crippen molar-refractivity contribution in [1.29, 1.82) is 10.8 Å². The van der Waals surface area contributed by atoms with E-state index in [0.717, 1.165) is 0 Å². The van der Waals surface area contributed by atoms with Crippen LogP contribution in [0.1, 0.15) is 56.0 Å². The van der Waals surface area contributed by atoms with Crippen LogP contribution in [0, 0.1) is 22.7 Å². The molecule has 0 amide bonds. The van der Waals surface area contributed by atoms with Crippen molar-refractivity contribution >= 4 is 23.8 Å². The molecule has 0 unspecified atom stereocenters. The predicted molar refractivity (Wildman–Crippen MR) is 199 cm³/mol. The summed E-state index contributed by atoms with van der Waals surface area (Å²) in [5.41, 5.74) is 13.7. The first-order valence-electron chi connectivity index (χ1n) is 16.8. The second kappa shape index (κ2) is 17.8. The van der Waals surface area contributed by atoms with E-state index >= 15 is 0 Å². The molecule has 0 saturated heterocycles. The molecular weight excluding hydrogens is 719 g/mol. The summed E-state index contributed by atoms with van der Waals surface area (Å²) in [6, 6.07) is 16.1. The zero-order valence-corrected chi connectivity index (χ0v) is 30.0. The number of aromatic nitrogens is 15. The van der Waals surface area contributed by atoms with Gasteiger partial charge in [0.05, 0.1) is 0 Å². The monoisotopic (exact) mass is 751 g/mol. The number of rotatable bonds is 14. The second-order valence-electron chi connectivity index (χ2n) is 12.0.